The van der Waals surface area contributed by atoms with Gasteiger partial charge in [-0.05, 0) is 11.0 Å². The van der Waals surface area contributed by atoms with Crippen LogP contribution in [0.2, 0.25) is 0 Å². The Morgan fingerprint density at radius 1 is 1.00 bits per heavy atom. The fourth-order valence-electron chi connectivity index (χ4n) is 0. The van der Waals surface area contributed by atoms with Gasteiger partial charge in [-0.3, -0.25) is 0 Å². The van der Waals surface area contributed by atoms with Crippen molar-refractivity contribution in [3.8, 4) is 0 Å². The van der Waals surface area contributed by atoms with Gasteiger partial charge < -0.3 is 0 Å². The molecule has 0 aromatic carbocycles. The third-order valence-corrected chi connectivity index (χ3v) is 0. The first-order valence-electron chi connectivity index (χ1n) is 0. The summed E-state index contributed by atoms with van der Waals surface area (Å²) in [5.74, 6) is 0. The predicted octanol–water partition coefficient (Wildman–Crippen LogP) is -2.76. The molecular formula is H6AlBSiTiZnZr. The van der Waals surface area contributed by atoms with Crippen LogP contribution in [0.4, 0.5) is 0 Å². The van der Waals surface area contributed by atoms with Crippen LogP contribution in [0.3, 0.4) is 0 Å². The van der Waals surface area contributed by atoms with E-state index in [-0.39, 0.29) is 104 Å². The SMILES string of the molecule is [AlH3].[B].[SiH3].[Ti].[Zn].[Zr]. The molecule has 0 N–H and O–H groups in total. The van der Waals surface area contributed by atoms with E-state index >= 15 is 0 Å². The van der Waals surface area contributed by atoms with Crippen LogP contribution in [0.5, 0.6) is 0 Å². The standard InChI is InChI=1S/Al.B.H3Si.Ti.Zn.Zr.3H/h;;1H3;;;;;;. The van der Waals surface area contributed by atoms with E-state index in [4.69, 9.17) is 0 Å². The molecule has 0 aliphatic carbocycles. The fraction of sp³-hybridized carbons (Fsp3) is 0. The van der Waals surface area contributed by atoms with Crippen LogP contribution in [0.15, 0.2) is 0 Å². The number of hydrogen-bond donors (Lipinski definition) is 0. The second-order valence-corrected chi connectivity index (χ2v) is 0. The van der Waals surface area contributed by atoms with E-state index in [9.17, 15) is 0 Å². The average molecular weight is 276 g/mol. The molecule has 6 heteroatoms. The summed E-state index contributed by atoms with van der Waals surface area (Å²) in [7, 11) is 0. The third kappa shape index (κ3) is 27.8. The van der Waals surface area contributed by atoms with Crippen molar-refractivity contribution in [1.29, 1.82) is 0 Å². The Bertz CT molecular complexity index is 15.5. The molecule has 26 valence electrons. The number of hydrogen-bond acceptors (Lipinski definition) is 0. The molecule has 0 bridgehead atoms. The van der Waals surface area contributed by atoms with Crippen molar-refractivity contribution in [3.05, 3.63) is 0 Å². The smallest absolute Gasteiger partial charge is 0.0125 e. The summed E-state index contributed by atoms with van der Waals surface area (Å²) in [6.45, 7) is 0. The molecule has 0 aromatic heterocycles. The van der Waals surface area contributed by atoms with Gasteiger partial charge in [0.2, 0.25) is 0 Å². The topological polar surface area (TPSA) is 0 Å². The molecule has 0 aliphatic rings. The van der Waals surface area contributed by atoms with Gasteiger partial charge >= 0.3 is 0 Å². The van der Waals surface area contributed by atoms with Crippen molar-refractivity contribution in [2.75, 3.05) is 0 Å². The molecule has 6 heavy (non-hydrogen) atoms. The third-order valence-electron chi connectivity index (χ3n) is 0. The Labute approximate surface area is 102 Å². The van der Waals surface area contributed by atoms with Crippen molar-refractivity contribution in [2.24, 2.45) is 0 Å². The van der Waals surface area contributed by atoms with Crippen molar-refractivity contribution in [3.63, 3.8) is 0 Å². The fourth-order valence-corrected chi connectivity index (χ4v) is 0. The maximum absolute atomic E-state index is 0. The largest absolute Gasteiger partial charge is 0.187 e. The van der Waals surface area contributed by atoms with Crippen LogP contribution in [0.1, 0.15) is 0 Å². The van der Waals surface area contributed by atoms with Crippen LogP contribution in [0.25, 0.3) is 0 Å². The normalized spacial score (nSPS) is 0. The predicted molar refractivity (Wildman–Crippen MR) is 25.6 cm³/mol. The summed E-state index contributed by atoms with van der Waals surface area (Å²) in [6, 6.07) is 0. The van der Waals surface area contributed by atoms with E-state index in [1.165, 1.54) is 0 Å². The molecule has 0 saturated heterocycles. The van der Waals surface area contributed by atoms with Gasteiger partial charge in [-0.15, -0.1) is 0 Å². The van der Waals surface area contributed by atoms with Gasteiger partial charge in [-0.2, -0.15) is 0 Å². The van der Waals surface area contributed by atoms with Crippen molar-refractivity contribution < 1.29 is 67.4 Å². The van der Waals surface area contributed by atoms with Crippen LogP contribution < -0.4 is 0 Å². The second kappa shape index (κ2) is 43.2. The second-order valence-electron chi connectivity index (χ2n) is 0. The van der Waals surface area contributed by atoms with E-state index in [2.05, 4.69) is 0 Å². The maximum atomic E-state index is 0. The Balaban J connectivity index is 0. The summed E-state index contributed by atoms with van der Waals surface area (Å²) < 4.78 is 0. The molecule has 4 radical (unpaired) electrons. The summed E-state index contributed by atoms with van der Waals surface area (Å²) in [6.07, 6.45) is 0. The van der Waals surface area contributed by atoms with E-state index in [0.717, 1.165) is 0 Å². The Kier molecular flexibility index (Phi) is 456. The van der Waals surface area contributed by atoms with Crippen molar-refractivity contribution in [1.82, 2.24) is 0 Å². The van der Waals surface area contributed by atoms with Gasteiger partial charge in [0.15, 0.2) is 17.4 Å². The summed E-state index contributed by atoms with van der Waals surface area (Å²) in [5, 5.41) is 0. The molecule has 0 amide bonds. The van der Waals surface area contributed by atoms with Crippen molar-refractivity contribution in [2.45, 2.75) is 0 Å². The van der Waals surface area contributed by atoms with Crippen molar-refractivity contribution >= 4 is 36.7 Å². The summed E-state index contributed by atoms with van der Waals surface area (Å²) >= 11 is 0. The first-order chi connectivity index (χ1) is 0. The Morgan fingerprint density at radius 3 is 1.00 bits per heavy atom. The zero-order valence-electron chi connectivity index (χ0n) is 3.28. The molecule has 0 aliphatic heterocycles. The molecule has 0 saturated carbocycles. The minimum absolute atomic E-state index is 0. The minimum atomic E-state index is 0. The molecule has 0 aromatic rings. The van der Waals surface area contributed by atoms with Gasteiger partial charge in [0.25, 0.3) is 0 Å². The maximum Gasteiger partial charge on any atom is 0.187 e. The first-order valence-corrected chi connectivity index (χ1v) is 0. The van der Waals surface area contributed by atoms with Crippen LogP contribution in [-0.2, 0) is 67.4 Å². The number of rotatable bonds is 0. The van der Waals surface area contributed by atoms with E-state index in [1.54, 1.807) is 0 Å². The van der Waals surface area contributed by atoms with Gasteiger partial charge in [0.05, 0.1) is 0 Å². The quantitative estimate of drug-likeness (QED) is 0.421. The Morgan fingerprint density at radius 2 is 1.00 bits per heavy atom. The monoisotopic (exact) mass is 274 g/mol. The van der Waals surface area contributed by atoms with Crippen LogP contribution in [0, 0.1) is 0 Å². The van der Waals surface area contributed by atoms with Gasteiger partial charge in [0.1, 0.15) is 0 Å². The van der Waals surface area contributed by atoms with Crippen LogP contribution >= 0.6 is 0 Å². The van der Waals surface area contributed by atoms with E-state index in [1.807, 2.05) is 0 Å². The van der Waals surface area contributed by atoms with Gasteiger partial charge in [0, 0.05) is 75.8 Å². The van der Waals surface area contributed by atoms with Gasteiger partial charge in [-0.1, -0.05) is 0 Å². The van der Waals surface area contributed by atoms with E-state index in [0.29, 0.717) is 0 Å². The summed E-state index contributed by atoms with van der Waals surface area (Å²) in [5.41, 5.74) is 0. The molecule has 0 heterocycles. The summed E-state index contributed by atoms with van der Waals surface area (Å²) in [4.78, 5) is 0. The average Bonchev–Trinajstić information content (AvgIpc) is 0. The molecular weight excluding hydrogens is 270 g/mol. The van der Waals surface area contributed by atoms with Crippen LogP contribution in [-0.4, -0.2) is 36.7 Å². The Hall–Kier alpha value is 3.04. The van der Waals surface area contributed by atoms with Gasteiger partial charge in [-0.25, -0.2) is 0 Å². The minimum Gasteiger partial charge on any atom is -0.0125 e. The van der Waals surface area contributed by atoms with E-state index < -0.39 is 0 Å². The molecule has 0 fully saturated rings. The molecule has 0 atom stereocenters. The molecule has 0 rings (SSSR count). The molecule has 0 unspecified atom stereocenters. The zero-order chi connectivity index (χ0) is 0. The zero-order valence-corrected chi connectivity index (χ0v) is 12.3. The molecule has 0 nitrogen and oxygen atoms in total. The first kappa shape index (κ1) is 63.3. The molecule has 0 spiro atoms.